The highest BCUT2D eigenvalue weighted by molar-refractivity contribution is 5.92. The number of ether oxygens (including phenoxy) is 1. The molecule has 0 aliphatic heterocycles. The lowest BCUT2D eigenvalue weighted by molar-refractivity contribution is 0.100. The Morgan fingerprint density at radius 1 is 1.11 bits per heavy atom. The first-order chi connectivity index (χ1) is 9.19. The van der Waals surface area contributed by atoms with Gasteiger partial charge in [0.15, 0.2) is 0 Å². The fraction of sp³-hybridized carbons (Fsp3) is 0.0667. The van der Waals surface area contributed by atoms with E-state index in [0.717, 1.165) is 5.56 Å². The summed E-state index contributed by atoms with van der Waals surface area (Å²) >= 11 is 0. The van der Waals surface area contributed by atoms with Crippen molar-refractivity contribution in [3.05, 3.63) is 65.2 Å². The predicted octanol–water partition coefficient (Wildman–Crippen LogP) is 2.24. The third-order valence-corrected chi connectivity index (χ3v) is 2.63. The van der Waals surface area contributed by atoms with Crippen molar-refractivity contribution >= 4 is 5.91 Å². The summed E-state index contributed by atoms with van der Waals surface area (Å²) in [5.41, 5.74) is 7.19. The normalized spacial score (nSPS) is 9.63. The van der Waals surface area contributed by atoms with Crippen LogP contribution in [0.5, 0.6) is 5.75 Å². The first-order valence-corrected chi connectivity index (χ1v) is 5.71. The topological polar surface area (TPSA) is 76.1 Å². The lowest BCUT2D eigenvalue weighted by atomic mass is 10.1. The quantitative estimate of drug-likeness (QED) is 0.906. The lowest BCUT2D eigenvalue weighted by Crippen LogP contribution is -2.10. The van der Waals surface area contributed by atoms with Gasteiger partial charge < -0.3 is 10.5 Å². The molecule has 0 saturated carbocycles. The summed E-state index contributed by atoms with van der Waals surface area (Å²) in [5, 5.41) is 8.69. The molecule has 2 aromatic carbocycles. The number of primary amides is 1. The van der Waals surface area contributed by atoms with Crippen LogP contribution >= 0.6 is 0 Å². The van der Waals surface area contributed by atoms with Gasteiger partial charge in [-0.3, -0.25) is 4.79 Å². The molecule has 0 aromatic heterocycles. The van der Waals surface area contributed by atoms with Crippen LogP contribution in [-0.2, 0) is 6.61 Å². The Balaban J connectivity index is 1.98. The van der Waals surface area contributed by atoms with Gasteiger partial charge in [-0.15, -0.1) is 0 Å². The summed E-state index contributed by atoms with van der Waals surface area (Å²) in [6.45, 7) is 0.404. The molecule has 0 unspecified atom stereocenters. The summed E-state index contributed by atoms with van der Waals surface area (Å²) in [6, 6.07) is 15.9. The van der Waals surface area contributed by atoms with E-state index in [2.05, 4.69) is 6.07 Å². The van der Waals surface area contributed by atoms with Crippen molar-refractivity contribution in [1.29, 1.82) is 5.26 Å². The molecule has 2 N–H and O–H groups in total. The van der Waals surface area contributed by atoms with E-state index in [1.54, 1.807) is 36.4 Å². The molecule has 1 amide bonds. The van der Waals surface area contributed by atoms with Crippen LogP contribution in [0.3, 0.4) is 0 Å². The highest BCUT2D eigenvalue weighted by atomic mass is 16.5. The molecule has 0 saturated heterocycles. The molecule has 0 atom stereocenters. The highest BCUT2D eigenvalue weighted by Gasteiger charge is 2.01. The standard InChI is InChI=1S/C15H12N2O2/c16-9-11-1-3-12(4-2-11)10-19-14-7-5-13(6-8-14)15(17)18/h1-8H,10H2,(H2,17,18). The third kappa shape index (κ3) is 3.33. The van der Waals surface area contributed by atoms with Crippen molar-refractivity contribution in [1.82, 2.24) is 0 Å². The van der Waals surface area contributed by atoms with Gasteiger partial charge in [0.2, 0.25) is 5.91 Å². The molecule has 2 aromatic rings. The molecular weight excluding hydrogens is 240 g/mol. The SMILES string of the molecule is N#Cc1ccc(COc2ccc(C(N)=O)cc2)cc1. The Morgan fingerprint density at radius 2 is 1.74 bits per heavy atom. The highest BCUT2D eigenvalue weighted by Crippen LogP contribution is 2.14. The zero-order chi connectivity index (χ0) is 13.7. The second-order valence-corrected chi connectivity index (χ2v) is 3.99. The second-order valence-electron chi connectivity index (χ2n) is 3.99. The summed E-state index contributed by atoms with van der Waals surface area (Å²) in [7, 11) is 0. The molecular formula is C15H12N2O2. The minimum Gasteiger partial charge on any atom is -0.489 e. The largest absolute Gasteiger partial charge is 0.489 e. The number of nitrogens with two attached hydrogens (primary N) is 1. The van der Waals surface area contributed by atoms with Gasteiger partial charge in [0.05, 0.1) is 11.6 Å². The second kappa shape index (κ2) is 5.69. The van der Waals surface area contributed by atoms with Gasteiger partial charge in [-0.1, -0.05) is 12.1 Å². The van der Waals surface area contributed by atoms with Gasteiger partial charge in [0, 0.05) is 5.56 Å². The number of amides is 1. The molecule has 2 rings (SSSR count). The van der Waals surface area contributed by atoms with Gasteiger partial charge in [0.1, 0.15) is 12.4 Å². The molecule has 0 aliphatic carbocycles. The number of benzene rings is 2. The summed E-state index contributed by atoms with van der Waals surface area (Å²) in [4.78, 5) is 10.9. The molecule has 94 valence electrons. The van der Waals surface area contributed by atoms with Crippen LogP contribution < -0.4 is 10.5 Å². The number of carbonyl (C=O) groups is 1. The molecule has 0 bridgehead atoms. The smallest absolute Gasteiger partial charge is 0.248 e. The number of nitrogens with zero attached hydrogens (tertiary/aromatic N) is 1. The van der Waals surface area contributed by atoms with Crippen LogP contribution in [0.4, 0.5) is 0 Å². The zero-order valence-electron chi connectivity index (χ0n) is 10.2. The van der Waals surface area contributed by atoms with Gasteiger partial charge in [-0.2, -0.15) is 5.26 Å². The van der Waals surface area contributed by atoms with E-state index in [1.165, 1.54) is 0 Å². The Labute approximate surface area is 111 Å². The third-order valence-electron chi connectivity index (χ3n) is 2.63. The zero-order valence-corrected chi connectivity index (χ0v) is 10.2. The van der Waals surface area contributed by atoms with E-state index >= 15 is 0 Å². The predicted molar refractivity (Wildman–Crippen MR) is 70.4 cm³/mol. The van der Waals surface area contributed by atoms with E-state index in [-0.39, 0.29) is 0 Å². The molecule has 19 heavy (non-hydrogen) atoms. The number of rotatable bonds is 4. The van der Waals surface area contributed by atoms with Crippen molar-refractivity contribution in [2.24, 2.45) is 5.73 Å². The number of carbonyl (C=O) groups excluding carboxylic acids is 1. The van der Waals surface area contributed by atoms with Gasteiger partial charge in [0.25, 0.3) is 0 Å². The van der Waals surface area contributed by atoms with E-state index in [9.17, 15) is 4.79 Å². The Kier molecular flexibility index (Phi) is 3.79. The fourth-order valence-corrected chi connectivity index (χ4v) is 1.56. The van der Waals surface area contributed by atoms with Gasteiger partial charge >= 0.3 is 0 Å². The van der Waals surface area contributed by atoms with Crippen molar-refractivity contribution < 1.29 is 9.53 Å². The van der Waals surface area contributed by atoms with E-state index in [1.807, 2.05) is 12.1 Å². The Morgan fingerprint density at radius 3 is 2.26 bits per heavy atom. The van der Waals surface area contributed by atoms with E-state index < -0.39 is 5.91 Å². The lowest BCUT2D eigenvalue weighted by Gasteiger charge is -2.06. The molecule has 0 aliphatic rings. The van der Waals surface area contributed by atoms with Crippen LogP contribution in [0.25, 0.3) is 0 Å². The first kappa shape index (κ1) is 12.7. The van der Waals surface area contributed by atoms with Crippen LogP contribution in [0.15, 0.2) is 48.5 Å². The number of hydrogen-bond acceptors (Lipinski definition) is 3. The molecule has 0 heterocycles. The summed E-state index contributed by atoms with van der Waals surface area (Å²) in [6.07, 6.45) is 0. The number of hydrogen-bond donors (Lipinski definition) is 1. The maximum atomic E-state index is 10.9. The molecule has 4 nitrogen and oxygen atoms in total. The van der Waals surface area contributed by atoms with Crippen LogP contribution in [0.2, 0.25) is 0 Å². The van der Waals surface area contributed by atoms with Crippen LogP contribution in [-0.4, -0.2) is 5.91 Å². The average molecular weight is 252 g/mol. The van der Waals surface area contributed by atoms with E-state index in [4.69, 9.17) is 15.7 Å². The maximum absolute atomic E-state index is 10.9. The molecule has 0 fully saturated rings. The van der Waals surface area contributed by atoms with E-state index in [0.29, 0.717) is 23.5 Å². The summed E-state index contributed by atoms with van der Waals surface area (Å²) < 4.78 is 5.57. The van der Waals surface area contributed by atoms with Gasteiger partial charge in [-0.25, -0.2) is 0 Å². The monoisotopic (exact) mass is 252 g/mol. The first-order valence-electron chi connectivity index (χ1n) is 5.71. The van der Waals surface area contributed by atoms with Crippen LogP contribution in [0, 0.1) is 11.3 Å². The fourth-order valence-electron chi connectivity index (χ4n) is 1.56. The number of nitriles is 1. The summed E-state index contributed by atoms with van der Waals surface area (Å²) in [5.74, 6) is 0.202. The van der Waals surface area contributed by atoms with Crippen molar-refractivity contribution in [3.63, 3.8) is 0 Å². The van der Waals surface area contributed by atoms with Crippen molar-refractivity contribution in [3.8, 4) is 11.8 Å². The average Bonchev–Trinajstić information content (AvgIpc) is 2.46. The minimum atomic E-state index is -0.460. The Hall–Kier alpha value is -2.80. The van der Waals surface area contributed by atoms with Crippen LogP contribution in [0.1, 0.15) is 21.5 Å². The van der Waals surface area contributed by atoms with Crippen molar-refractivity contribution in [2.75, 3.05) is 0 Å². The molecule has 4 heteroatoms. The molecule has 0 radical (unpaired) electrons. The maximum Gasteiger partial charge on any atom is 0.248 e. The van der Waals surface area contributed by atoms with Crippen molar-refractivity contribution in [2.45, 2.75) is 6.61 Å². The minimum absolute atomic E-state index is 0.404. The van der Waals surface area contributed by atoms with Gasteiger partial charge in [-0.05, 0) is 42.0 Å². The Bertz CT molecular complexity index is 610. The molecule has 0 spiro atoms.